The smallest absolute Gasteiger partial charge is 0.259 e. The highest BCUT2D eigenvalue weighted by molar-refractivity contribution is 6.02. The Kier molecular flexibility index (Phi) is 5.17. The Bertz CT molecular complexity index is 980. The third-order valence-electron chi connectivity index (χ3n) is 4.29. The van der Waals surface area contributed by atoms with E-state index < -0.39 is 0 Å². The van der Waals surface area contributed by atoms with Crippen molar-refractivity contribution in [3.05, 3.63) is 71.3 Å². The summed E-state index contributed by atoms with van der Waals surface area (Å²) < 4.78 is 0. The fourth-order valence-corrected chi connectivity index (χ4v) is 2.66. The summed E-state index contributed by atoms with van der Waals surface area (Å²) in [5.41, 5.74) is 6.31. The summed E-state index contributed by atoms with van der Waals surface area (Å²) in [6, 6.07) is 17.1. The number of benzene rings is 3. The molecule has 26 heavy (non-hydrogen) atoms. The van der Waals surface area contributed by atoms with Crippen LogP contribution < -0.4 is 10.7 Å². The van der Waals surface area contributed by atoms with E-state index in [2.05, 4.69) is 15.8 Å². The number of carbonyl (C=O) groups is 1. The Morgan fingerprint density at radius 1 is 1.08 bits per heavy atom. The zero-order valence-electron chi connectivity index (χ0n) is 14.8. The maximum absolute atomic E-state index is 12.0. The highest BCUT2D eigenvalue weighted by Gasteiger charge is 2.05. The van der Waals surface area contributed by atoms with E-state index in [9.17, 15) is 9.90 Å². The zero-order valence-corrected chi connectivity index (χ0v) is 14.8. The lowest BCUT2D eigenvalue weighted by molar-refractivity contribution is -0.119. The average Bonchev–Trinajstić information content (AvgIpc) is 2.64. The van der Waals surface area contributed by atoms with Crippen molar-refractivity contribution in [2.24, 2.45) is 5.10 Å². The first-order valence-corrected chi connectivity index (χ1v) is 8.38. The minimum absolute atomic E-state index is 0.112. The molecule has 3 aromatic rings. The molecule has 3 rings (SSSR count). The van der Waals surface area contributed by atoms with Crippen molar-refractivity contribution in [3.8, 4) is 5.75 Å². The number of phenolic OH excluding ortho intramolecular Hbond substituents is 1. The van der Waals surface area contributed by atoms with Crippen LogP contribution in [0.2, 0.25) is 0 Å². The normalized spacial score (nSPS) is 11.0. The molecule has 0 atom stereocenters. The minimum Gasteiger partial charge on any atom is -0.507 e. The Labute approximate surface area is 152 Å². The predicted octanol–water partition coefficient (Wildman–Crippen LogP) is 3.72. The molecule has 1 amide bonds. The fraction of sp³-hybridized carbons (Fsp3) is 0.143. The van der Waals surface area contributed by atoms with Crippen LogP contribution in [0.5, 0.6) is 5.75 Å². The number of hydrogen-bond acceptors (Lipinski definition) is 4. The Morgan fingerprint density at radius 3 is 2.69 bits per heavy atom. The SMILES string of the molecule is Cc1ccc(NCC(=O)N/N=C\c2c(O)ccc3ccccc23)cc1C. The molecule has 0 aliphatic carbocycles. The summed E-state index contributed by atoms with van der Waals surface area (Å²) in [4.78, 5) is 12.0. The third kappa shape index (κ3) is 4.00. The molecule has 0 saturated heterocycles. The van der Waals surface area contributed by atoms with Crippen LogP contribution in [-0.4, -0.2) is 23.8 Å². The van der Waals surface area contributed by atoms with Crippen LogP contribution in [0.4, 0.5) is 5.69 Å². The first-order chi connectivity index (χ1) is 12.5. The molecule has 0 radical (unpaired) electrons. The van der Waals surface area contributed by atoms with E-state index in [0.29, 0.717) is 5.56 Å². The largest absolute Gasteiger partial charge is 0.507 e. The topological polar surface area (TPSA) is 73.7 Å². The number of nitrogens with one attached hydrogen (secondary N) is 2. The van der Waals surface area contributed by atoms with Gasteiger partial charge in [0, 0.05) is 11.3 Å². The van der Waals surface area contributed by atoms with E-state index in [1.165, 1.54) is 17.3 Å². The molecule has 0 fully saturated rings. The number of anilines is 1. The number of rotatable bonds is 5. The van der Waals surface area contributed by atoms with Gasteiger partial charge in [0.1, 0.15) is 5.75 Å². The third-order valence-corrected chi connectivity index (χ3v) is 4.29. The van der Waals surface area contributed by atoms with Crippen LogP contribution in [0.25, 0.3) is 10.8 Å². The first kappa shape index (κ1) is 17.5. The lowest BCUT2D eigenvalue weighted by Crippen LogP contribution is -2.25. The second-order valence-electron chi connectivity index (χ2n) is 6.17. The zero-order chi connectivity index (χ0) is 18.5. The molecular weight excluding hydrogens is 326 g/mol. The quantitative estimate of drug-likeness (QED) is 0.486. The van der Waals surface area contributed by atoms with Crippen molar-refractivity contribution < 1.29 is 9.90 Å². The van der Waals surface area contributed by atoms with Gasteiger partial charge in [-0.1, -0.05) is 36.4 Å². The predicted molar refractivity (Wildman–Crippen MR) is 106 cm³/mol. The summed E-state index contributed by atoms with van der Waals surface area (Å²) in [6.45, 7) is 4.19. The van der Waals surface area contributed by atoms with Gasteiger partial charge in [-0.3, -0.25) is 4.79 Å². The fourth-order valence-electron chi connectivity index (χ4n) is 2.66. The molecular formula is C21H21N3O2. The van der Waals surface area contributed by atoms with Gasteiger partial charge < -0.3 is 10.4 Å². The number of carbonyl (C=O) groups excluding carboxylic acids is 1. The number of nitrogens with zero attached hydrogens (tertiary/aromatic N) is 1. The molecule has 5 nitrogen and oxygen atoms in total. The standard InChI is InChI=1S/C21H21N3O2/c1-14-7-9-17(11-15(14)2)22-13-21(26)24-23-12-19-18-6-4-3-5-16(18)8-10-20(19)25/h3-12,22,25H,13H2,1-2H3,(H,24,26)/b23-12-. The number of aryl methyl sites for hydroxylation is 2. The maximum atomic E-state index is 12.0. The van der Waals surface area contributed by atoms with Crippen LogP contribution in [-0.2, 0) is 4.79 Å². The van der Waals surface area contributed by atoms with Gasteiger partial charge in [-0.25, -0.2) is 5.43 Å². The average molecular weight is 347 g/mol. The molecule has 0 aliphatic rings. The van der Waals surface area contributed by atoms with Crippen LogP contribution in [0.15, 0.2) is 59.7 Å². The maximum Gasteiger partial charge on any atom is 0.259 e. The van der Waals surface area contributed by atoms with Gasteiger partial charge in [-0.05, 0) is 53.9 Å². The van der Waals surface area contributed by atoms with E-state index in [1.807, 2.05) is 62.4 Å². The van der Waals surface area contributed by atoms with Crippen molar-refractivity contribution in [1.29, 1.82) is 0 Å². The van der Waals surface area contributed by atoms with E-state index in [1.54, 1.807) is 6.07 Å². The molecule has 0 saturated carbocycles. The lowest BCUT2D eigenvalue weighted by atomic mass is 10.0. The number of fused-ring (bicyclic) bond motifs is 1. The summed E-state index contributed by atoms with van der Waals surface area (Å²) in [6.07, 6.45) is 1.46. The molecule has 0 aliphatic heterocycles. The monoisotopic (exact) mass is 347 g/mol. The number of phenols is 1. The Hall–Kier alpha value is -3.34. The molecule has 0 spiro atoms. The molecule has 3 N–H and O–H groups in total. The van der Waals surface area contributed by atoms with E-state index in [0.717, 1.165) is 16.5 Å². The van der Waals surface area contributed by atoms with E-state index in [4.69, 9.17) is 0 Å². The molecule has 0 unspecified atom stereocenters. The van der Waals surface area contributed by atoms with E-state index >= 15 is 0 Å². The molecule has 0 heterocycles. The lowest BCUT2D eigenvalue weighted by Gasteiger charge is -2.08. The van der Waals surface area contributed by atoms with Crippen molar-refractivity contribution in [2.75, 3.05) is 11.9 Å². The molecule has 132 valence electrons. The molecule has 0 bridgehead atoms. The number of hydrazone groups is 1. The second-order valence-corrected chi connectivity index (χ2v) is 6.17. The molecule has 0 aromatic heterocycles. The van der Waals surface area contributed by atoms with Crippen molar-refractivity contribution in [3.63, 3.8) is 0 Å². The van der Waals surface area contributed by atoms with Gasteiger partial charge in [0.25, 0.3) is 5.91 Å². The second kappa shape index (κ2) is 7.70. The molecule has 5 heteroatoms. The van der Waals surface area contributed by atoms with Crippen LogP contribution in [0, 0.1) is 13.8 Å². The minimum atomic E-state index is -0.265. The van der Waals surface area contributed by atoms with Crippen molar-refractivity contribution in [2.45, 2.75) is 13.8 Å². The summed E-state index contributed by atoms with van der Waals surface area (Å²) in [7, 11) is 0. The number of amides is 1. The van der Waals surface area contributed by atoms with Crippen LogP contribution in [0.1, 0.15) is 16.7 Å². The summed E-state index contributed by atoms with van der Waals surface area (Å²) in [5, 5.41) is 19.0. The van der Waals surface area contributed by atoms with Gasteiger partial charge in [0.05, 0.1) is 12.8 Å². The molecule has 3 aromatic carbocycles. The highest BCUT2D eigenvalue weighted by Crippen LogP contribution is 2.25. The van der Waals surface area contributed by atoms with Gasteiger partial charge in [-0.2, -0.15) is 5.10 Å². The van der Waals surface area contributed by atoms with Crippen molar-refractivity contribution >= 4 is 28.6 Å². The van der Waals surface area contributed by atoms with E-state index in [-0.39, 0.29) is 18.2 Å². The Balaban J connectivity index is 1.62. The summed E-state index contributed by atoms with van der Waals surface area (Å²) >= 11 is 0. The first-order valence-electron chi connectivity index (χ1n) is 8.38. The van der Waals surface area contributed by atoms with Gasteiger partial charge in [0.15, 0.2) is 0 Å². The van der Waals surface area contributed by atoms with Crippen LogP contribution in [0.3, 0.4) is 0 Å². The van der Waals surface area contributed by atoms with Gasteiger partial charge in [0.2, 0.25) is 0 Å². The number of hydrogen-bond donors (Lipinski definition) is 3. The van der Waals surface area contributed by atoms with Gasteiger partial charge in [-0.15, -0.1) is 0 Å². The van der Waals surface area contributed by atoms with Crippen molar-refractivity contribution in [1.82, 2.24) is 5.43 Å². The van der Waals surface area contributed by atoms with Crippen LogP contribution >= 0.6 is 0 Å². The summed E-state index contributed by atoms with van der Waals surface area (Å²) in [5.74, 6) is -0.144. The highest BCUT2D eigenvalue weighted by atomic mass is 16.3. The van der Waals surface area contributed by atoms with Gasteiger partial charge >= 0.3 is 0 Å². The Morgan fingerprint density at radius 2 is 1.88 bits per heavy atom. The number of aromatic hydroxyl groups is 1.